The molecule has 1 aliphatic carbocycles. The third kappa shape index (κ3) is 3.83. The van der Waals surface area contributed by atoms with Crippen molar-refractivity contribution in [3.8, 4) is 11.5 Å². The summed E-state index contributed by atoms with van der Waals surface area (Å²) in [5.41, 5.74) is -2.38. The fraction of sp³-hybridized carbons (Fsp3) is 0.300. The van der Waals surface area contributed by atoms with Crippen LogP contribution in [0.4, 0.5) is 0 Å². The average Bonchev–Trinajstić information content (AvgIpc) is 3.38. The van der Waals surface area contributed by atoms with Crippen molar-refractivity contribution >= 4 is 17.5 Å². The number of ether oxygens (including phenoxy) is 4. The van der Waals surface area contributed by atoms with Gasteiger partial charge < -0.3 is 34.3 Å². The molecule has 2 heterocycles. The van der Waals surface area contributed by atoms with Gasteiger partial charge in [0.2, 0.25) is 0 Å². The first-order valence-electron chi connectivity index (χ1n) is 12.7. The van der Waals surface area contributed by atoms with E-state index >= 15 is 0 Å². The zero-order valence-electron chi connectivity index (χ0n) is 21.8. The van der Waals surface area contributed by atoms with Gasteiger partial charge in [-0.3, -0.25) is 9.59 Å². The first kappa shape index (κ1) is 26.1. The summed E-state index contributed by atoms with van der Waals surface area (Å²) in [5, 5.41) is 33.7. The predicted molar refractivity (Wildman–Crippen MR) is 137 cm³/mol. The van der Waals surface area contributed by atoms with Crippen molar-refractivity contribution in [1.82, 2.24) is 0 Å². The molecule has 2 saturated heterocycles. The van der Waals surface area contributed by atoms with Gasteiger partial charge in [0.15, 0.2) is 35.3 Å². The van der Waals surface area contributed by atoms with Gasteiger partial charge >= 0.3 is 5.97 Å². The quantitative estimate of drug-likeness (QED) is 0.257. The monoisotopic (exact) mass is 546 g/mol. The Morgan fingerprint density at radius 3 is 2.15 bits per heavy atom. The molecule has 0 radical (unpaired) electrons. The molecule has 0 aromatic heterocycles. The standard InChI is InChI=1S/C30H26O10/c1-29(2)38-26-28(40-29)37-25(30(26,3)39-27(36)14-9-5-4-6-10-14)24(35)17-13-18(31)19-20(23(17)34)22(33)16-12-8-7-11-15(16)21(19)32/h4-13,24-26,28,31,34-35H,1-3H3/t24-,25-,26-,28-,30-/m1/s1. The molecule has 10 nitrogen and oxygen atoms in total. The van der Waals surface area contributed by atoms with Crippen LogP contribution in [0.25, 0.3) is 0 Å². The number of aliphatic hydroxyl groups excluding tert-OH is 1. The zero-order chi connectivity index (χ0) is 28.6. The number of aliphatic hydroxyl groups is 1. The Morgan fingerprint density at radius 1 is 0.900 bits per heavy atom. The summed E-state index contributed by atoms with van der Waals surface area (Å²) < 4.78 is 23.8. The number of carbonyl (C=O) groups excluding carboxylic acids is 3. The highest BCUT2D eigenvalue weighted by atomic mass is 16.8. The number of fused-ring (bicyclic) bond motifs is 3. The minimum atomic E-state index is -1.76. The number of carbonyl (C=O) groups is 3. The number of hydrogen-bond donors (Lipinski definition) is 3. The van der Waals surface area contributed by atoms with Gasteiger partial charge in [-0.25, -0.2) is 4.79 Å². The first-order chi connectivity index (χ1) is 18.9. The SMILES string of the molecule is CC1(C)O[C@H]2O[C@H]([C@H](O)c3cc(O)c4c(c3O)C(=O)c3ccccc3C4=O)[C@@](C)(OC(=O)c3ccccc3)[C@@H]2O1. The number of hydrogen-bond acceptors (Lipinski definition) is 10. The molecule has 5 atom stereocenters. The molecule has 2 fully saturated rings. The minimum Gasteiger partial charge on any atom is -0.507 e. The molecule has 3 aromatic rings. The summed E-state index contributed by atoms with van der Waals surface area (Å²) >= 11 is 0. The van der Waals surface area contributed by atoms with Crippen LogP contribution in [-0.2, 0) is 18.9 Å². The Kier molecular flexibility index (Phi) is 5.86. The molecular weight excluding hydrogens is 520 g/mol. The van der Waals surface area contributed by atoms with E-state index in [1.54, 1.807) is 56.3 Å². The zero-order valence-corrected chi connectivity index (χ0v) is 21.8. The van der Waals surface area contributed by atoms with Crippen LogP contribution in [0.3, 0.4) is 0 Å². The van der Waals surface area contributed by atoms with Gasteiger partial charge in [-0.05, 0) is 39.0 Å². The van der Waals surface area contributed by atoms with Crippen molar-refractivity contribution in [2.24, 2.45) is 0 Å². The third-order valence-electron chi connectivity index (χ3n) is 7.58. The molecule has 0 saturated carbocycles. The van der Waals surface area contributed by atoms with Crippen molar-refractivity contribution < 1.29 is 48.7 Å². The normalized spacial score (nSPS) is 27.1. The van der Waals surface area contributed by atoms with Crippen LogP contribution < -0.4 is 0 Å². The second-order valence-corrected chi connectivity index (χ2v) is 10.7. The lowest BCUT2D eigenvalue weighted by Gasteiger charge is -2.37. The average molecular weight is 547 g/mol. The molecule has 10 heteroatoms. The van der Waals surface area contributed by atoms with Gasteiger partial charge in [0.25, 0.3) is 0 Å². The molecule has 3 N–H and O–H groups in total. The molecule has 3 aliphatic rings. The molecule has 0 amide bonds. The Labute approximate surface area is 228 Å². The van der Waals surface area contributed by atoms with Crippen LogP contribution in [0.5, 0.6) is 11.5 Å². The molecule has 40 heavy (non-hydrogen) atoms. The maximum Gasteiger partial charge on any atom is 0.338 e. The molecule has 0 unspecified atom stereocenters. The van der Waals surface area contributed by atoms with Crippen molar-refractivity contribution in [1.29, 1.82) is 0 Å². The van der Waals surface area contributed by atoms with E-state index in [1.165, 1.54) is 19.1 Å². The lowest BCUT2D eigenvalue weighted by molar-refractivity contribution is -0.240. The van der Waals surface area contributed by atoms with Gasteiger partial charge in [-0.15, -0.1) is 0 Å². The van der Waals surface area contributed by atoms with Gasteiger partial charge in [-0.1, -0.05) is 42.5 Å². The summed E-state index contributed by atoms with van der Waals surface area (Å²) in [4.78, 5) is 39.6. The number of phenolic OH excluding ortho intramolecular Hbond substituents is 2. The largest absolute Gasteiger partial charge is 0.507 e. The number of benzene rings is 3. The third-order valence-corrected chi connectivity index (χ3v) is 7.58. The van der Waals surface area contributed by atoms with E-state index in [1.807, 2.05) is 0 Å². The summed E-state index contributed by atoms with van der Waals surface area (Å²) in [6.45, 7) is 4.83. The molecule has 206 valence electrons. The summed E-state index contributed by atoms with van der Waals surface area (Å²) in [6.07, 6.45) is -5.16. The Bertz CT molecular complexity index is 1560. The van der Waals surface area contributed by atoms with Crippen LogP contribution in [0.2, 0.25) is 0 Å². The molecule has 6 rings (SSSR count). The number of aromatic hydroxyl groups is 2. The molecule has 3 aromatic carbocycles. The maximum atomic E-state index is 13.3. The van der Waals surface area contributed by atoms with Crippen molar-refractivity contribution in [2.75, 3.05) is 0 Å². The Morgan fingerprint density at radius 2 is 1.50 bits per heavy atom. The van der Waals surface area contributed by atoms with E-state index < -0.39 is 70.6 Å². The van der Waals surface area contributed by atoms with Crippen LogP contribution in [0.1, 0.15) is 74.6 Å². The first-order valence-corrected chi connectivity index (χ1v) is 12.7. The van der Waals surface area contributed by atoms with Crippen molar-refractivity contribution in [2.45, 2.75) is 56.8 Å². The minimum absolute atomic E-state index is 0.0543. The van der Waals surface area contributed by atoms with E-state index in [0.29, 0.717) is 0 Å². The Hall–Kier alpha value is -4.09. The van der Waals surface area contributed by atoms with E-state index in [2.05, 4.69) is 0 Å². The van der Waals surface area contributed by atoms with Gasteiger partial charge in [0.1, 0.15) is 23.7 Å². The maximum absolute atomic E-state index is 13.3. The van der Waals surface area contributed by atoms with E-state index in [0.717, 1.165) is 6.07 Å². The van der Waals surface area contributed by atoms with Crippen LogP contribution >= 0.6 is 0 Å². The highest BCUT2D eigenvalue weighted by Gasteiger charge is 2.65. The summed E-state index contributed by atoms with van der Waals surface area (Å²) in [6, 6.07) is 15.3. The van der Waals surface area contributed by atoms with Crippen LogP contribution in [-0.4, -0.2) is 62.7 Å². The molecule has 0 spiro atoms. The van der Waals surface area contributed by atoms with E-state index in [9.17, 15) is 29.7 Å². The molecule has 0 bridgehead atoms. The van der Waals surface area contributed by atoms with Crippen LogP contribution in [0, 0.1) is 0 Å². The molecule has 2 aliphatic heterocycles. The van der Waals surface area contributed by atoms with Gasteiger partial charge in [-0.2, -0.15) is 0 Å². The summed E-state index contributed by atoms with van der Waals surface area (Å²) in [7, 11) is 0. The molecular formula is C30H26O10. The predicted octanol–water partition coefficient (Wildman–Crippen LogP) is 3.40. The lowest BCUT2D eigenvalue weighted by atomic mass is 9.80. The topological polar surface area (TPSA) is 149 Å². The highest BCUT2D eigenvalue weighted by molar-refractivity contribution is 6.30. The number of ketones is 2. The van der Waals surface area contributed by atoms with Crippen molar-refractivity contribution in [3.63, 3.8) is 0 Å². The van der Waals surface area contributed by atoms with Gasteiger partial charge in [0, 0.05) is 16.7 Å². The van der Waals surface area contributed by atoms with Crippen LogP contribution in [0.15, 0.2) is 60.7 Å². The lowest BCUT2D eigenvalue weighted by Crippen LogP contribution is -2.52. The van der Waals surface area contributed by atoms with E-state index in [4.69, 9.17) is 18.9 Å². The number of phenols is 2. The summed E-state index contributed by atoms with van der Waals surface area (Å²) in [5.74, 6) is -4.44. The fourth-order valence-corrected chi connectivity index (χ4v) is 5.66. The van der Waals surface area contributed by atoms with Gasteiger partial charge in [0.05, 0.1) is 16.7 Å². The highest BCUT2D eigenvalue weighted by Crippen LogP contribution is 2.51. The smallest absolute Gasteiger partial charge is 0.338 e. The number of esters is 1. The van der Waals surface area contributed by atoms with Crippen molar-refractivity contribution in [3.05, 3.63) is 94.0 Å². The number of rotatable bonds is 4. The van der Waals surface area contributed by atoms with E-state index in [-0.39, 0.29) is 27.8 Å². The Balaban J connectivity index is 1.42. The fourth-order valence-electron chi connectivity index (χ4n) is 5.66. The second-order valence-electron chi connectivity index (χ2n) is 10.7. The second kappa shape index (κ2) is 8.97.